The first kappa shape index (κ1) is 24.3. The third-order valence-electron chi connectivity index (χ3n) is 6.38. The summed E-state index contributed by atoms with van der Waals surface area (Å²) in [6.45, 7) is 18.8. The molecule has 3 rings (SSSR count). The van der Waals surface area contributed by atoms with Gasteiger partial charge in [0.15, 0.2) is 0 Å². The summed E-state index contributed by atoms with van der Waals surface area (Å²) in [4.78, 5) is 0. The molecule has 1 aliphatic heterocycles. The summed E-state index contributed by atoms with van der Waals surface area (Å²) in [5.74, 6) is 0.750. The van der Waals surface area contributed by atoms with Crippen LogP contribution < -0.4 is 0 Å². The van der Waals surface area contributed by atoms with Gasteiger partial charge in [0.05, 0.1) is 12.9 Å². The summed E-state index contributed by atoms with van der Waals surface area (Å²) in [7, 11) is -3.29. The molecule has 2 atom stereocenters. The molecule has 0 amide bonds. The van der Waals surface area contributed by atoms with Crippen molar-refractivity contribution in [3.8, 4) is 0 Å². The van der Waals surface area contributed by atoms with Crippen molar-refractivity contribution < 1.29 is 22.4 Å². The maximum atomic E-state index is 10.7. The normalized spacial score (nSPS) is 28.1. The Labute approximate surface area is 166 Å². The minimum absolute atomic E-state index is 0.0324. The molecule has 27 heavy (non-hydrogen) atoms. The van der Waals surface area contributed by atoms with Gasteiger partial charge in [-0.1, -0.05) is 52.0 Å². The molecular weight excluding hydrogens is 364 g/mol. The first-order chi connectivity index (χ1) is 12.3. The van der Waals surface area contributed by atoms with Crippen LogP contribution in [0.5, 0.6) is 0 Å². The lowest BCUT2D eigenvalue weighted by atomic mass is 9.60. The summed E-state index contributed by atoms with van der Waals surface area (Å²) < 4.78 is 31.1. The Balaban J connectivity index is 0.000000224. The van der Waals surface area contributed by atoms with Crippen LogP contribution in [0, 0.1) is 22.7 Å². The molecule has 158 valence electrons. The van der Waals surface area contributed by atoms with Gasteiger partial charge in [-0.25, -0.2) is 0 Å². The van der Waals surface area contributed by atoms with E-state index in [1.165, 1.54) is 24.0 Å². The van der Waals surface area contributed by atoms with E-state index in [4.69, 9.17) is 14.0 Å². The van der Waals surface area contributed by atoms with Crippen molar-refractivity contribution in [3.63, 3.8) is 0 Å². The third-order valence-corrected chi connectivity index (χ3v) is 6.94. The van der Waals surface area contributed by atoms with Gasteiger partial charge in [-0.05, 0) is 48.3 Å². The molecule has 6 heteroatoms. The quantitative estimate of drug-likeness (QED) is 0.569. The molecule has 1 N–H and O–H groups in total. The highest BCUT2D eigenvalue weighted by Crippen LogP contribution is 2.50. The summed E-state index contributed by atoms with van der Waals surface area (Å²) in [6.07, 6.45) is 5.53. The molecule has 3 fully saturated rings. The predicted molar refractivity (Wildman–Crippen MR) is 110 cm³/mol. The molecule has 0 bridgehead atoms. The highest BCUT2D eigenvalue weighted by atomic mass is 32.2. The van der Waals surface area contributed by atoms with E-state index < -0.39 is 10.1 Å². The largest absolute Gasteiger partial charge is 0.396 e. The smallest absolute Gasteiger partial charge is 0.264 e. The topological polar surface area (TPSA) is 72.8 Å². The van der Waals surface area contributed by atoms with E-state index in [1.807, 2.05) is 0 Å². The Morgan fingerprint density at radius 3 is 1.70 bits per heavy atom. The van der Waals surface area contributed by atoms with Crippen molar-refractivity contribution in [1.82, 2.24) is 0 Å². The lowest BCUT2D eigenvalue weighted by Crippen LogP contribution is -2.40. The van der Waals surface area contributed by atoms with E-state index >= 15 is 0 Å². The fourth-order valence-electron chi connectivity index (χ4n) is 3.22. The number of ether oxygens (including phenoxy) is 1. The summed E-state index contributed by atoms with van der Waals surface area (Å²) in [5, 5.41) is 8.80. The highest BCUT2D eigenvalue weighted by Gasteiger charge is 2.42. The van der Waals surface area contributed by atoms with Crippen LogP contribution in [0.4, 0.5) is 0 Å². The molecule has 0 aromatic rings. The maximum Gasteiger partial charge on any atom is 0.264 e. The SMILES string of the molecule is C1CCOC1.C=C1CC(CO)C1(C)C.C=C1CC(COS(C)(=O)=O)C1(C)C. The van der Waals surface area contributed by atoms with Gasteiger partial charge in [0, 0.05) is 19.8 Å². The molecule has 0 spiro atoms. The molecule has 2 aliphatic carbocycles. The summed E-state index contributed by atoms with van der Waals surface area (Å²) in [5.41, 5.74) is 2.69. The fraction of sp³-hybridized carbons (Fsp3) is 0.810. The Bertz CT molecular complexity index is 607. The zero-order chi connectivity index (χ0) is 20.9. The molecule has 5 nitrogen and oxygen atoms in total. The second-order valence-corrected chi connectivity index (χ2v) is 10.6. The van der Waals surface area contributed by atoms with Crippen LogP contribution in [0.3, 0.4) is 0 Å². The maximum absolute atomic E-state index is 10.7. The molecule has 0 aromatic carbocycles. The lowest BCUT2D eigenvalue weighted by Gasteiger charge is -2.46. The average molecular weight is 403 g/mol. The number of rotatable bonds is 4. The van der Waals surface area contributed by atoms with Gasteiger partial charge in [-0.15, -0.1) is 0 Å². The number of allylic oxidation sites excluding steroid dienone is 2. The molecule has 0 aromatic heterocycles. The van der Waals surface area contributed by atoms with E-state index in [0.29, 0.717) is 12.5 Å². The zero-order valence-electron chi connectivity index (χ0n) is 17.7. The second kappa shape index (κ2) is 9.68. The lowest BCUT2D eigenvalue weighted by molar-refractivity contribution is 0.0857. The average Bonchev–Trinajstić information content (AvgIpc) is 3.15. The van der Waals surface area contributed by atoms with Crippen molar-refractivity contribution in [2.45, 2.75) is 53.4 Å². The third kappa shape index (κ3) is 7.00. The van der Waals surface area contributed by atoms with Gasteiger partial charge < -0.3 is 9.84 Å². The van der Waals surface area contributed by atoms with Gasteiger partial charge in [-0.2, -0.15) is 8.42 Å². The second-order valence-electron chi connectivity index (χ2n) is 8.94. The highest BCUT2D eigenvalue weighted by molar-refractivity contribution is 7.85. The molecule has 1 heterocycles. The molecule has 0 radical (unpaired) electrons. The van der Waals surface area contributed by atoms with Crippen LogP contribution in [0.15, 0.2) is 24.3 Å². The van der Waals surface area contributed by atoms with Crippen molar-refractivity contribution >= 4 is 10.1 Å². The van der Waals surface area contributed by atoms with Crippen LogP contribution in [0.2, 0.25) is 0 Å². The van der Waals surface area contributed by atoms with Crippen LogP contribution in [-0.2, 0) is 19.0 Å². The Morgan fingerprint density at radius 1 is 1.04 bits per heavy atom. The first-order valence-electron chi connectivity index (χ1n) is 9.72. The fourth-order valence-corrected chi connectivity index (χ4v) is 3.63. The number of hydrogen-bond acceptors (Lipinski definition) is 5. The van der Waals surface area contributed by atoms with E-state index in [9.17, 15) is 8.42 Å². The number of aliphatic hydroxyl groups is 1. The van der Waals surface area contributed by atoms with Gasteiger partial charge >= 0.3 is 0 Å². The van der Waals surface area contributed by atoms with Crippen molar-refractivity contribution in [2.24, 2.45) is 22.7 Å². The van der Waals surface area contributed by atoms with Gasteiger partial charge in [0.25, 0.3) is 10.1 Å². The molecule has 1 saturated heterocycles. The van der Waals surface area contributed by atoms with E-state index in [0.717, 1.165) is 32.3 Å². The standard InChI is InChI=1S/C9H16O3S.C8H14O.C4H8O/c1-7-5-8(9(7,2)3)6-12-13(4,10)11;1-6-4-7(5-9)8(6,2)3;1-2-4-5-3-1/h8H,1,5-6H2,2-4H3;7,9H,1,4-5H2,2-3H3;1-4H2. The minimum Gasteiger partial charge on any atom is -0.396 e. The number of hydrogen-bond donors (Lipinski definition) is 1. The molecule has 2 saturated carbocycles. The van der Waals surface area contributed by atoms with Crippen LogP contribution in [0.25, 0.3) is 0 Å². The Hall–Kier alpha value is -0.690. The van der Waals surface area contributed by atoms with E-state index in [2.05, 4.69) is 40.9 Å². The zero-order valence-corrected chi connectivity index (χ0v) is 18.5. The molecule has 2 unspecified atom stereocenters. The van der Waals surface area contributed by atoms with E-state index in [-0.39, 0.29) is 23.4 Å². The molecular formula is C21H38O5S. The minimum atomic E-state index is -3.29. The monoisotopic (exact) mass is 402 g/mol. The van der Waals surface area contributed by atoms with Gasteiger partial charge in [0.1, 0.15) is 0 Å². The number of aliphatic hydroxyl groups excluding tert-OH is 1. The van der Waals surface area contributed by atoms with Crippen molar-refractivity contribution in [1.29, 1.82) is 0 Å². The Kier molecular flexibility index (Phi) is 8.73. The van der Waals surface area contributed by atoms with E-state index in [1.54, 1.807) is 0 Å². The van der Waals surface area contributed by atoms with Crippen molar-refractivity contribution in [3.05, 3.63) is 24.3 Å². The van der Waals surface area contributed by atoms with Crippen molar-refractivity contribution in [2.75, 3.05) is 32.7 Å². The summed E-state index contributed by atoms with van der Waals surface area (Å²) in [6, 6.07) is 0. The van der Waals surface area contributed by atoms with Crippen LogP contribution in [-0.4, -0.2) is 46.2 Å². The first-order valence-corrected chi connectivity index (χ1v) is 11.5. The predicted octanol–water partition coefficient (Wildman–Crippen LogP) is 3.94. The summed E-state index contributed by atoms with van der Waals surface area (Å²) >= 11 is 0. The molecule has 3 aliphatic rings. The van der Waals surface area contributed by atoms with Crippen LogP contribution >= 0.6 is 0 Å². The van der Waals surface area contributed by atoms with Crippen LogP contribution in [0.1, 0.15) is 53.4 Å². The van der Waals surface area contributed by atoms with Gasteiger partial charge in [-0.3, -0.25) is 4.18 Å². The van der Waals surface area contributed by atoms with Gasteiger partial charge in [0.2, 0.25) is 0 Å². The Morgan fingerprint density at radius 2 is 1.48 bits per heavy atom.